The summed E-state index contributed by atoms with van der Waals surface area (Å²) in [7, 11) is 0. The maximum atomic E-state index is 11.3. The van der Waals surface area contributed by atoms with Crippen molar-refractivity contribution in [2.75, 3.05) is 0 Å². The third-order valence-electron chi connectivity index (χ3n) is 1.79. The summed E-state index contributed by atoms with van der Waals surface area (Å²) in [6.45, 7) is 1.94. The molecule has 0 atom stereocenters. The summed E-state index contributed by atoms with van der Waals surface area (Å²) in [4.78, 5) is 4.12. The second kappa shape index (κ2) is 4.14. The summed E-state index contributed by atoms with van der Waals surface area (Å²) >= 11 is 2.52. The van der Waals surface area contributed by atoms with Gasteiger partial charge in [0.1, 0.15) is 0 Å². The Balaban J connectivity index is 2.85. The lowest BCUT2D eigenvalue weighted by atomic mass is 10.2. The fourth-order valence-corrected chi connectivity index (χ4v) is 4.24. The van der Waals surface area contributed by atoms with E-state index in [-0.39, 0.29) is 5.96 Å². The molecular formula is C8H7BrIN4O-. The fourth-order valence-electron chi connectivity index (χ4n) is 1.21. The van der Waals surface area contributed by atoms with Crippen LogP contribution in [0.15, 0.2) is 26.7 Å². The van der Waals surface area contributed by atoms with Crippen molar-refractivity contribution in [3.8, 4) is 0 Å². The number of hydrazone groups is 1. The Kier molecular flexibility index (Phi) is 3.03. The number of nitrogens with zero attached hydrogens (tertiary/aromatic N) is 3. The lowest BCUT2D eigenvalue weighted by Crippen LogP contribution is -2.17. The Morgan fingerprint density at radius 2 is 2.27 bits per heavy atom. The Hall–Kier alpha value is -0.540. The molecule has 1 aliphatic rings. The number of nitrogens with two attached hydrogens (primary N) is 1. The van der Waals surface area contributed by atoms with Gasteiger partial charge in [0.05, 0.1) is 8.51 Å². The van der Waals surface area contributed by atoms with Crippen LogP contribution in [-0.4, -0.2) is 9.35 Å². The number of fused-ring (bicyclic) bond motifs is 1. The molecule has 15 heavy (non-hydrogen) atoms. The molecule has 7 heteroatoms. The van der Waals surface area contributed by atoms with Crippen molar-refractivity contribution in [2.24, 2.45) is 15.8 Å². The van der Waals surface area contributed by atoms with E-state index in [4.69, 9.17) is 5.73 Å². The predicted octanol–water partition coefficient (Wildman–Crippen LogP) is 1.56. The van der Waals surface area contributed by atoms with Crippen molar-refractivity contribution in [2.45, 2.75) is 6.92 Å². The van der Waals surface area contributed by atoms with Gasteiger partial charge in [-0.3, -0.25) is 0 Å². The first-order chi connectivity index (χ1) is 7.06. The van der Waals surface area contributed by atoms with E-state index in [1.807, 2.05) is 19.1 Å². The summed E-state index contributed by atoms with van der Waals surface area (Å²) in [5.74, 6) is 0.0221. The summed E-state index contributed by atoms with van der Waals surface area (Å²) in [6, 6.07) is 3.85. The van der Waals surface area contributed by atoms with Crippen LogP contribution in [0.4, 0.5) is 0 Å². The molecule has 0 bridgehead atoms. The third kappa shape index (κ3) is 2.34. The smallest absolute Gasteiger partial charge is 0.238 e. The van der Waals surface area contributed by atoms with E-state index in [0.717, 1.165) is 18.5 Å². The van der Waals surface area contributed by atoms with Crippen LogP contribution < -0.4 is 11.1 Å². The third-order valence-corrected chi connectivity index (χ3v) is 4.22. The number of aryl methyl sites for hydroxylation is 1. The zero-order valence-corrected chi connectivity index (χ0v) is 11.5. The Morgan fingerprint density at radius 3 is 3.00 bits per heavy atom. The van der Waals surface area contributed by atoms with E-state index < -0.39 is 21.0 Å². The van der Waals surface area contributed by atoms with Gasteiger partial charge in [0.25, 0.3) is 0 Å². The first kappa shape index (κ1) is 11.0. The number of halogens is 2. The number of hydrogen-bond donors (Lipinski definition) is 1. The summed E-state index contributed by atoms with van der Waals surface area (Å²) in [6.07, 6.45) is 0. The van der Waals surface area contributed by atoms with Crippen molar-refractivity contribution in [1.82, 2.24) is 3.39 Å². The molecule has 2 rings (SSSR count). The molecule has 1 aliphatic heterocycles. The zero-order valence-electron chi connectivity index (χ0n) is 7.74. The van der Waals surface area contributed by atoms with Crippen LogP contribution in [-0.2, 0) is 0 Å². The molecule has 1 aromatic rings. The van der Waals surface area contributed by atoms with Gasteiger partial charge < -0.3 is 14.3 Å². The minimum atomic E-state index is -0.869. The Bertz CT molecular complexity index is 556. The average Bonchev–Trinajstić information content (AvgIpc) is 2.22. The number of hydrogen-bond acceptors (Lipinski definition) is 5. The van der Waals surface area contributed by atoms with Gasteiger partial charge in [-0.15, -0.1) is 5.10 Å². The number of benzene rings is 1. The largest absolute Gasteiger partial charge is 0.733 e. The molecule has 0 saturated heterocycles. The van der Waals surface area contributed by atoms with Gasteiger partial charge in [-0.05, 0) is 24.6 Å². The van der Waals surface area contributed by atoms with E-state index in [9.17, 15) is 5.21 Å². The second-order valence-corrected chi connectivity index (χ2v) is 6.32. The molecule has 0 saturated carbocycles. The highest BCUT2D eigenvalue weighted by Crippen LogP contribution is 2.17. The highest BCUT2D eigenvalue weighted by Gasteiger charge is 2.01. The maximum absolute atomic E-state index is 11.3. The topological polar surface area (TPSA) is 77.0 Å². The monoisotopic (exact) mass is 381 g/mol. The van der Waals surface area contributed by atoms with Crippen molar-refractivity contribution in [3.05, 3.63) is 35.9 Å². The first-order valence-corrected chi connectivity index (χ1v) is 6.88. The van der Waals surface area contributed by atoms with Crippen molar-refractivity contribution >= 4 is 42.9 Å². The van der Waals surface area contributed by atoms with Crippen molar-refractivity contribution in [1.29, 1.82) is 0 Å². The van der Waals surface area contributed by atoms with E-state index in [0.29, 0.717) is 3.39 Å². The highest BCUT2D eigenvalue weighted by molar-refractivity contribution is 14.1. The van der Waals surface area contributed by atoms with Crippen LogP contribution >= 0.6 is 36.9 Å². The van der Waals surface area contributed by atoms with E-state index in [1.54, 1.807) is 0 Å². The molecule has 2 N–H and O–H groups in total. The number of rotatable bonds is 0. The predicted molar refractivity (Wildman–Crippen MR) is 69.7 cm³/mol. The van der Waals surface area contributed by atoms with Crippen LogP contribution in [0.5, 0.6) is 0 Å². The molecule has 0 aromatic heterocycles. The molecule has 1 aromatic carbocycles. The van der Waals surface area contributed by atoms with Crippen LogP contribution in [0.1, 0.15) is 5.56 Å². The summed E-state index contributed by atoms with van der Waals surface area (Å²) < 4.78 is 2.53. The van der Waals surface area contributed by atoms with Gasteiger partial charge in [0, 0.05) is 25.5 Å². The fraction of sp³-hybridized carbons (Fsp3) is 0.125. The van der Waals surface area contributed by atoms with Gasteiger partial charge in [-0.1, -0.05) is 15.9 Å². The molecule has 0 amide bonds. The maximum Gasteiger partial charge on any atom is 0.238 e. The quantitative estimate of drug-likeness (QED) is 0.547. The minimum absolute atomic E-state index is 0.0221. The van der Waals surface area contributed by atoms with Crippen LogP contribution in [0.25, 0.3) is 0 Å². The molecule has 0 unspecified atom stereocenters. The molecule has 0 radical (unpaired) electrons. The van der Waals surface area contributed by atoms with Crippen molar-refractivity contribution < 1.29 is 0 Å². The van der Waals surface area contributed by atoms with Crippen LogP contribution in [0.3, 0.4) is 0 Å². The minimum Gasteiger partial charge on any atom is -0.733 e. The highest BCUT2D eigenvalue weighted by atomic mass is 127. The van der Waals surface area contributed by atoms with Gasteiger partial charge in [-0.25, -0.2) is 4.99 Å². The van der Waals surface area contributed by atoms with Gasteiger partial charge in [-0.2, -0.15) is 0 Å². The molecular weight excluding hydrogens is 375 g/mol. The molecule has 5 nitrogen and oxygen atoms in total. The zero-order chi connectivity index (χ0) is 11.0. The SMILES string of the molecule is Cc1cc(Br)cc2c1=NC(N)=NN([O-])I=2. The Morgan fingerprint density at radius 1 is 1.53 bits per heavy atom. The van der Waals surface area contributed by atoms with E-state index in [1.165, 1.54) is 0 Å². The number of guanidine groups is 1. The molecule has 0 spiro atoms. The first-order valence-electron chi connectivity index (χ1n) is 4.04. The molecule has 80 valence electrons. The normalized spacial score (nSPS) is 15.1. The second-order valence-electron chi connectivity index (χ2n) is 2.93. The lowest BCUT2D eigenvalue weighted by molar-refractivity contribution is 0.730. The Labute approximate surface area is 104 Å². The van der Waals surface area contributed by atoms with Gasteiger partial charge in [0.2, 0.25) is 5.96 Å². The molecule has 1 heterocycles. The standard InChI is InChI=1S/C8H7BrIN4O/c1-4-2-5(9)3-6-7(4)12-8(11)13-14(15)10-6/h2-3H,1H3,(H2,11,13)/q-1. The van der Waals surface area contributed by atoms with E-state index >= 15 is 0 Å². The van der Waals surface area contributed by atoms with Crippen LogP contribution in [0.2, 0.25) is 0 Å². The van der Waals surface area contributed by atoms with Crippen molar-refractivity contribution in [3.63, 3.8) is 0 Å². The van der Waals surface area contributed by atoms with E-state index in [2.05, 4.69) is 26.0 Å². The van der Waals surface area contributed by atoms with Gasteiger partial charge >= 0.3 is 0 Å². The average molecular weight is 382 g/mol. The summed E-state index contributed by atoms with van der Waals surface area (Å²) in [5.41, 5.74) is 6.49. The molecule has 0 fully saturated rings. The molecule has 0 aliphatic carbocycles. The van der Waals surface area contributed by atoms with Crippen LogP contribution in [0, 0.1) is 15.3 Å². The van der Waals surface area contributed by atoms with Gasteiger partial charge in [0.15, 0.2) is 0 Å². The lowest BCUT2D eigenvalue weighted by Gasteiger charge is -2.15. The summed E-state index contributed by atoms with van der Waals surface area (Å²) in [5, 5.41) is 15.7.